The van der Waals surface area contributed by atoms with Crippen LogP contribution in [0.15, 0.2) is 42.6 Å². The van der Waals surface area contributed by atoms with Crippen molar-refractivity contribution >= 4 is 34.0 Å². The highest BCUT2D eigenvalue weighted by Crippen LogP contribution is 2.47. The Balaban J connectivity index is 2.10. The fraction of sp³-hybridized carbons (Fsp3) is 0.214. The van der Waals surface area contributed by atoms with Gasteiger partial charge in [0, 0.05) is 18.4 Å². The summed E-state index contributed by atoms with van der Waals surface area (Å²) in [7, 11) is 1.68. The number of hydrogen-bond donors (Lipinski definition) is 0. The number of pyridine rings is 1. The lowest BCUT2D eigenvalue weighted by atomic mass is 10.2. The summed E-state index contributed by atoms with van der Waals surface area (Å²) in [6.45, 7) is 0.960. The van der Waals surface area contributed by atoms with E-state index in [2.05, 4.69) is 62.8 Å². The lowest BCUT2D eigenvalue weighted by molar-refractivity contribution is 0.394. The van der Waals surface area contributed by atoms with Gasteiger partial charge in [0.2, 0.25) is 5.88 Å². The molecule has 0 bridgehead atoms. The molecule has 2 aromatic rings. The Morgan fingerprint density at radius 1 is 1.28 bits per heavy atom. The SMILES string of the molecule is COc1nccc2c1C(I)CN2c1ccccc1. The molecule has 0 fully saturated rings. The second kappa shape index (κ2) is 4.76. The number of anilines is 2. The van der Waals surface area contributed by atoms with E-state index >= 15 is 0 Å². The molecule has 0 spiro atoms. The Labute approximate surface area is 120 Å². The second-order valence-corrected chi connectivity index (χ2v) is 5.67. The van der Waals surface area contributed by atoms with E-state index in [1.807, 2.05) is 12.3 Å². The van der Waals surface area contributed by atoms with Crippen molar-refractivity contribution in [2.45, 2.75) is 3.92 Å². The van der Waals surface area contributed by atoms with Crippen molar-refractivity contribution in [3.05, 3.63) is 48.2 Å². The van der Waals surface area contributed by atoms with Crippen LogP contribution in [0.25, 0.3) is 0 Å². The van der Waals surface area contributed by atoms with E-state index in [1.165, 1.54) is 16.9 Å². The summed E-state index contributed by atoms with van der Waals surface area (Å²) in [6.07, 6.45) is 1.81. The molecule has 1 aliphatic heterocycles. The number of benzene rings is 1. The third kappa shape index (κ3) is 1.84. The van der Waals surface area contributed by atoms with Crippen LogP contribution < -0.4 is 9.64 Å². The number of alkyl halides is 1. The Bertz CT molecular complexity index is 559. The molecule has 2 heterocycles. The van der Waals surface area contributed by atoms with Gasteiger partial charge in [-0.2, -0.15) is 0 Å². The molecule has 4 heteroatoms. The maximum Gasteiger partial charge on any atom is 0.219 e. The minimum Gasteiger partial charge on any atom is -0.481 e. The van der Waals surface area contributed by atoms with E-state index in [1.54, 1.807) is 7.11 Å². The Morgan fingerprint density at radius 2 is 2.06 bits per heavy atom. The highest BCUT2D eigenvalue weighted by Gasteiger charge is 2.31. The van der Waals surface area contributed by atoms with E-state index in [0.29, 0.717) is 3.92 Å². The van der Waals surface area contributed by atoms with Crippen molar-refractivity contribution in [3.63, 3.8) is 0 Å². The van der Waals surface area contributed by atoms with Crippen LogP contribution in [-0.4, -0.2) is 18.6 Å². The van der Waals surface area contributed by atoms with E-state index < -0.39 is 0 Å². The molecule has 0 N–H and O–H groups in total. The third-order valence-electron chi connectivity index (χ3n) is 3.14. The average molecular weight is 352 g/mol. The van der Waals surface area contributed by atoms with E-state index in [0.717, 1.165) is 12.4 Å². The molecule has 1 aromatic carbocycles. The summed E-state index contributed by atoms with van der Waals surface area (Å²) in [4.78, 5) is 6.61. The van der Waals surface area contributed by atoms with Gasteiger partial charge in [0.25, 0.3) is 0 Å². The molecule has 1 atom stereocenters. The van der Waals surface area contributed by atoms with Crippen LogP contribution in [0.5, 0.6) is 5.88 Å². The first-order valence-electron chi connectivity index (χ1n) is 5.81. The van der Waals surface area contributed by atoms with Crippen molar-refractivity contribution in [2.75, 3.05) is 18.6 Å². The van der Waals surface area contributed by atoms with Crippen LogP contribution in [0.1, 0.15) is 9.49 Å². The van der Waals surface area contributed by atoms with Gasteiger partial charge in [-0.05, 0) is 18.2 Å². The first-order chi connectivity index (χ1) is 8.81. The highest BCUT2D eigenvalue weighted by atomic mass is 127. The number of hydrogen-bond acceptors (Lipinski definition) is 3. The first kappa shape index (κ1) is 11.8. The van der Waals surface area contributed by atoms with Gasteiger partial charge in [0.15, 0.2) is 0 Å². The van der Waals surface area contributed by atoms with Crippen molar-refractivity contribution < 1.29 is 4.74 Å². The number of ether oxygens (including phenoxy) is 1. The summed E-state index contributed by atoms with van der Waals surface area (Å²) < 4.78 is 5.77. The van der Waals surface area contributed by atoms with Crippen LogP contribution in [0.4, 0.5) is 11.4 Å². The number of fused-ring (bicyclic) bond motifs is 1. The summed E-state index contributed by atoms with van der Waals surface area (Å²) in [6, 6.07) is 12.5. The number of para-hydroxylation sites is 1. The monoisotopic (exact) mass is 352 g/mol. The van der Waals surface area contributed by atoms with Crippen LogP contribution in [0, 0.1) is 0 Å². The number of halogens is 1. The van der Waals surface area contributed by atoms with Gasteiger partial charge in [0.05, 0.1) is 22.3 Å². The zero-order valence-corrected chi connectivity index (χ0v) is 12.2. The molecule has 0 radical (unpaired) electrons. The Kier molecular flexibility index (Phi) is 3.11. The van der Waals surface area contributed by atoms with Crippen molar-refractivity contribution in [3.8, 4) is 5.88 Å². The zero-order chi connectivity index (χ0) is 12.5. The summed E-state index contributed by atoms with van der Waals surface area (Å²) in [5, 5.41) is 0. The molecule has 0 saturated carbocycles. The predicted molar refractivity (Wildman–Crippen MR) is 81.0 cm³/mol. The maximum absolute atomic E-state index is 5.37. The van der Waals surface area contributed by atoms with Crippen molar-refractivity contribution in [1.29, 1.82) is 0 Å². The van der Waals surface area contributed by atoms with E-state index in [9.17, 15) is 0 Å². The van der Waals surface area contributed by atoms with Gasteiger partial charge in [-0.3, -0.25) is 0 Å². The molecule has 0 aliphatic carbocycles. The standard InChI is InChI=1S/C14H13IN2O/c1-18-14-13-11(15)9-17(12(13)7-8-16-14)10-5-3-2-4-6-10/h2-8,11H,9H2,1H3. The molecular weight excluding hydrogens is 339 g/mol. The van der Waals surface area contributed by atoms with Crippen LogP contribution in [0.3, 0.4) is 0 Å². The number of nitrogens with zero attached hydrogens (tertiary/aromatic N) is 2. The summed E-state index contributed by atoms with van der Waals surface area (Å²) in [5.74, 6) is 0.741. The minimum atomic E-state index is 0.404. The van der Waals surface area contributed by atoms with Crippen molar-refractivity contribution in [2.24, 2.45) is 0 Å². The summed E-state index contributed by atoms with van der Waals surface area (Å²) >= 11 is 2.45. The Morgan fingerprint density at radius 3 is 2.78 bits per heavy atom. The van der Waals surface area contributed by atoms with Gasteiger partial charge in [0.1, 0.15) is 0 Å². The molecule has 3 rings (SSSR count). The highest BCUT2D eigenvalue weighted by molar-refractivity contribution is 14.1. The smallest absolute Gasteiger partial charge is 0.219 e. The Hall–Kier alpha value is -1.30. The van der Waals surface area contributed by atoms with Gasteiger partial charge >= 0.3 is 0 Å². The van der Waals surface area contributed by atoms with Crippen molar-refractivity contribution in [1.82, 2.24) is 4.98 Å². The molecule has 92 valence electrons. The first-order valence-corrected chi connectivity index (χ1v) is 7.05. The van der Waals surface area contributed by atoms with E-state index in [4.69, 9.17) is 4.74 Å². The lowest BCUT2D eigenvalue weighted by Gasteiger charge is -2.19. The largest absolute Gasteiger partial charge is 0.481 e. The maximum atomic E-state index is 5.37. The second-order valence-electron chi connectivity index (χ2n) is 4.17. The predicted octanol–water partition coefficient (Wildman–Crippen LogP) is 3.72. The van der Waals surface area contributed by atoms with E-state index in [-0.39, 0.29) is 0 Å². The molecule has 0 amide bonds. The fourth-order valence-electron chi connectivity index (χ4n) is 2.34. The van der Waals surface area contributed by atoms with Crippen LogP contribution in [0.2, 0.25) is 0 Å². The van der Waals surface area contributed by atoms with Crippen LogP contribution >= 0.6 is 22.6 Å². The number of rotatable bonds is 2. The van der Waals surface area contributed by atoms with Gasteiger partial charge in [-0.15, -0.1) is 0 Å². The molecule has 3 nitrogen and oxygen atoms in total. The van der Waals surface area contributed by atoms with Gasteiger partial charge in [-0.1, -0.05) is 40.8 Å². The third-order valence-corrected chi connectivity index (χ3v) is 4.16. The number of aromatic nitrogens is 1. The molecule has 1 unspecified atom stereocenters. The minimum absolute atomic E-state index is 0.404. The fourth-order valence-corrected chi connectivity index (χ4v) is 3.32. The molecule has 1 aliphatic rings. The lowest BCUT2D eigenvalue weighted by Crippen LogP contribution is -2.13. The zero-order valence-electron chi connectivity index (χ0n) is 10.0. The van der Waals surface area contributed by atoms with Crippen LogP contribution in [-0.2, 0) is 0 Å². The topological polar surface area (TPSA) is 25.4 Å². The average Bonchev–Trinajstić information content (AvgIpc) is 2.77. The quantitative estimate of drug-likeness (QED) is 0.609. The normalized spacial score (nSPS) is 17.7. The van der Waals surface area contributed by atoms with Gasteiger partial charge in [-0.25, -0.2) is 4.98 Å². The molecular formula is C14H13IN2O. The van der Waals surface area contributed by atoms with Gasteiger partial charge < -0.3 is 9.64 Å². The number of methoxy groups -OCH3 is 1. The molecule has 18 heavy (non-hydrogen) atoms. The molecule has 0 saturated heterocycles. The molecule has 1 aromatic heterocycles. The summed E-state index contributed by atoms with van der Waals surface area (Å²) in [5.41, 5.74) is 3.61.